The van der Waals surface area contributed by atoms with Crippen molar-refractivity contribution in [3.8, 4) is 5.75 Å². The van der Waals surface area contributed by atoms with E-state index in [4.69, 9.17) is 4.74 Å². The highest BCUT2D eigenvalue weighted by Crippen LogP contribution is 2.23. The zero-order valence-electron chi connectivity index (χ0n) is 23.8. The highest BCUT2D eigenvalue weighted by molar-refractivity contribution is 7.92. The highest BCUT2D eigenvalue weighted by Gasteiger charge is 2.30. The van der Waals surface area contributed by atoms with Crippen molar-refractivity contribution in [2.75, 3.05) is 23.7 Å². The van der Waals surface area contributed by atoms with Crippen LogP contribution >= 0.6 is 0 Å². The molecule has 0 heterocycles. The van der Waals surface area contributed by atoms with E-state index in [-0.39, 0.29) is 18.4 Å². The van der Waals surface area contributed by atoms with E-state index in [1.807, 2.05) is 75.4 Å². The van der Waals surface area contributed by atoms with Gasteiger partial charge < -0.3 is 15.0 Å². The molecule has 0 saturated heterocycles. The van der Waals surface area contributed by atoms with Gasteiger partial charge in [-0.15, -0.1) is 0 Å². The largest absolute Gasteiger partial charge is 0.489 e. The van der Waals surface area contributed by atoms with Crippen LogP contribution in [0, 0.1) is 12.8 Å². The third kappa shape index (κ3) is 8.84. The second kappa shape index (κ2) is 14.0. The minimum Gasteiger partial charge on any atom is -0.489 e. The lowest BCUT2D eigenvalue weighted by molar-refractivity contribution is -0.139. The van der Waals surface area contributed by atoms with Crippen molar-refractivity contribution in [1.82, 2.24) is 10.2 Å². The maximum absolute atomic E-state index is 13.7. The molecule has 0 saturated carbocycles. The molecular formula is C31H39N3O5S. The van der Waals surface area contributed by atoms with E-state index in [9.17, 15) is 18.0 Å². The van der Waals surface area contributed by atoms with Crippen LogP contribution in [0.25, 0.3) is 0 Å². The SMILES string of the molecule is Cc1ccccc1CN(C(=O)CN(c1ccc(OCc2ccccc2)cc1)S(C)(=O)=O)[C@H](C)C(=O)NCC(C)C. The van der Waals surface area contributed by atoms with Gasteiger partial charge in [0.05, 0.1) is 11.9 Å². The molecule has 3 aromatic carbocycles. The number of anilines is 1. The zero-order chi connectivity index (χ0) is 29.3. The third-order valence-corrected chi connectivity index (χ3v) is 7.65. The van der Waals surface area contributed by atoms with E-state index in [1.165, 1.54) is 4.90 Å². The number of rotatable bonds is 13. The third-order valence-electron chi connectivity index (χ3n) is 6.51. The molecule has 1 N–H and O–H groups in total. The van der Waals surface area contributed by atoms with Gasteiger partial charge in [0.1, 0.15) is 24.9 Å². The van der Waals surface area contributed by atoms with Crippen molar-refractivity contribution in [3.05, 3.63) is 95.6 Å². The normalized spacial score (nSPS) is 12.1. The summed E-state index contributed by atoms with van der Waals surface area (Å²) in [4.78, 5) is 28.1. The van der Waals surface area contributed by atoms with Crippen molar-refractivity contribution in [2.45, 2.75) is 46.9 Å². The van der Waals surface area contributed by atoms with E-state index in [2.05, 4.69) is 5.32 Å². The van der Waals surface area contributed by atoms with Crippen LogP contribution in [0.2, 0.25) is 0 Å². The molecule has 0 spiro atoms. The molecule has 3 rings (SSSR count). The Balaban J connectivity index is 1.82. The number of sulfonamides is 1. The molecule has 214 valence electrons. The zero-order valence-corrected chi connectivity index (χ0v) is 24.6. The summed E-state index contributed by atoms with van der Waals surface area (Å²) in [5.74, 6) is 0.0489. The molecule has 9 heteroatoms. The number of ether oxygens (including phenoxy) is 1. The number of aryl methyl sites for hydroxylation is 1. The molecule has 0 aliphatic carbocycles. The van der Waals surface area contributed by atoms with Gasteiger partial charge >= 0.3 is 0 Å². The molecule has 8 nitrogen and oxygen atoms in total. The van der Waals surface area contributed by atoms with Crippen molar-refractivity contribution >= 4 is 27.5 Å². The minimum absolute atomic E-state index is 0.172. The number of amides is 2. The first-order valence-electron chi connectivity index (χ1n) is 13.3. The number of carbonyl (C=O) groups is 2. The van der Waals surface area contributed by atoms with E-state index in [0.717, 1.165) is 27.3 Å². The summed E-state index contributed by atoms with van der Waals surface area (Å²) in [5, 5.41) is 2.88. The molecule has 0 aliphatic heterocycles. The van der Waals surface area contributed by atoms with Gasteiger partial charge in [-0.25, -0.2) is 8.42 Å². The summed E-state index contributed by atoms with van der Waals surface area (Å²) in [6.45, 7) is 8.15. The van der Waals surface area contributed by atoms with Crippen LogP contribution in [0.3, 0.4) is 0 Å². The number of hydrogen-bond acceptors (Lipinski definition) is 5. The number of benzene rings is 3. The fourth-order valence-electron chi connectivity index (χ4n) is 4.07. The minimum atomic E-state index is -3.82. The molecule has 0 fully saturated rings. The van der Waals surface area contributed by atoms with Crippen LogP contribution in [-0.2, 0) is 32.8 Å². The maximum Gasteiger partial charge on any atom is 0.244 e. The van der Waals surface area contributed by atoms with Gasteiger partial charge in [-0.2, -0.15) is 0 Å². The first-order valence-corrected chi connectivity index (χ1v) is 15.2. The van der Waals surface area contributed by atoms with Crippen molar-refractivity contribution < 1.29 is 22.7 Å². The van der Waals surface area contributed by atoms with Gasteiger partial charge in [0, 0.05) is 13.1 Å². The van der Waals surface area contributed by atoms with Gasteiger partial charge in [0.25, 0.3) is 0 Å². The van der Waals surface area contributed by atoms with E-state index < -0.39 is 28.5 Å². The lowest BCUT2D eigenvalue weighted by Gasteiger charge is -2.32. The van der Waals surface area contributed by atoms with Gasteiger partial charge in [-0.3, -0.25) is 13.9 Å². The average Bonchev–Trinajstić information content (AvgIpc) is 2.93. The van der Waals surface area contributed by atoms with Crippen LogP contribution in [0.1, 0.15) is 37.5 Å². The van der Waals surface area contributed by atoms with Crippen molar-refractivity contribution in [3.63, 3.8) is 0 Å². The molecule has 0 radical (unpaired) electrons. The molecule has 40 heavy (non-hydrogen) atoms. The Bertz CT molecular complexity index is 1380. The van der Waals surface area contributed by atoms with Crippen LogP contribution < -0.4 is 14.4 Å². The summed E-state index contributed by atoms with van der Waals surface area (Å²) in [6.07, 6.45) is 1.06. The number of nitrogens with one attached hydrogen (secondary N) is 1. The predicted octanol–water partition coefficient (Wildman–Crippen LogP) is 4.53. The Hall–Kier alpha value is -3.85. The Morgan fingerprint density at radius 1 is 0.900 bits per heavy atom. The molecular weight excluding hydrogens is 526 g/mol. The first-order chi connectivity index (χ1) is 19.0. The van der Waals surface area contributed by atoms with E-state index in [0.29, 0.717) is 24.6 Å². The first kappa shape index (κ1) is 30.7. The Morgan fingerprint density at radius 2 is 1.52 bits per heavy atom. The lowest BCUT2D eigenvalue weighted by atomic mass is 10.1. The smallest absolute Gasteiger partial charge is 0.244 e. The molecule has 0 bridgehead atoms. The van der Waals surface area contributed by atoms with Crippen LogP contribution in [0.15, 0.2) is 78.9 Å². The Morgan fingerprint density at radius 3 is 2.12 bits per heavy atom. The topological polar surface area (TPSA) is 96.0 Å². The molecule has 2 amide bonds. The summed E-state index contributed by atoms with van der Waals surface area (Å²) in [7, 11) is -3.82. The van der Waals surface area contributed by atoms with Gasteiger partial charge in [-0.05, 0) is 60.7 Å². The lowest BCUT2D eigenvalue weighted by Crippen LogP contribution is -2.51. The molecule has 0 aliphatic rings. The molecule has 0 unspecified atom stereocenters. The number of carbonyl (C=O) groups excluding carboxylic acids is 2. The second-order valence-corrected chi connectivity index (χ2v) is 12.2. The highest BCUT2D eigenvalue weighted by atomic mass is 32.2. The predicted molar refractivity (Wildman–Crippen MR) is 158 cm³/mol. The Kier molecular flexibility index (Phi) is 10.7. The quantitative estimate of drug-likeness (QED) is 0.329. The standard InChI is InChI=1S/C31H39N3O5S/c1-23(2)19-32-31(36)25(4)33(20-27-14-10-9-11-24(27)3)30(35)21-34(40(5,37)38)28-15-17-29(18-16-28)39-22-26-12-7-6-8-13-26/h6-18,23,25H,19-22H2,1-5H3,(H,32,36)/t25-/m1/s1. The van der Waals surface area contributed by atoms with Crippen LogP contribution in [-0.4, -0.2) is 50.5 Å². The fourth-order valence-corrected chi connectivity index (χ4v) is 4.92. The van der Waals surface area contributed by atoms with Gasteiger partial charge in [0.15, 0.2) is 0 Å². The number of hydrogen-bond donors (Lipinski definition) is 1. The van der Waals surface area contributed by atoms with Crippen molar-refractivity contribution in [2.24, 2.45) is 5.92 Å². The van der Waals surface area contributed by atoms with Gasteiger partial charge in [-0.1, -0.05) is 68.4 Å². The number of nitrogens with zero attached hydrogens (tertiary/aromatic N) is 2. The van der Waals surface area contributed by atoms with E-state index >= 15 is 0 Å². The maximum atomic E-state index is 13.7. The summed E-state index contributed by atoms with van der Waals surface area (Å²) < 4.78 is 32.5. The van der Waals surface area contributed by atoms with E-state index in [1.54, 1.807) is 31.2 Å². The van der Waals surface area contributed by atoms with Crippen LogP contribution in [0.4, 0.5) is 5.69 Å². The Labute approximate surface area is 238 Å². The second-order valence-electron chi connectivity index (χ2n) is 10.3. The van der Waals surface area contributed by atoms with Gasteiger partial charge in [0.2, 0.25) is 21.8 Å². The van der Waals surface area contributed by atoms with Crippen molar-refractivity contribution in [1.29, 1.82) is 0 Å². The molecule has 0 aromatic heterocycles. The van der Waals surface area contributed by atoms with Crippen LogP contribution in [0.5, 0.6) is 5.75 Å². The summed E-state index contributed by atoms with van der Waals surface area (Å²) in [6, 6.07) is 23.1. The molecule has 3 aromatic rings. The summed E-state index contributed by atoms with van der Waals surface area (Å²) in [5.41, 5.74) is 3.19. The average molecular weight is 566 g/mol. The molecule has 1 atom stereocenters. The fraction of sp³-hybridized carbons (Fsp3) is 0.355. The summed E-state index contributed by atoms with van der Waals surface area (Å²) >= 11 is 0. The monoisotopic (exact) mass is 565 g/mol.